The van der Waals surface area contributed by atoms with Crippen LogP contribution in [0, 0.1) is 17.7 Å². The third kappa shape index (κ3) is 3.53. The van der Waals surface area contributed by atoms with Crippen molar-refractivity contribution < 1.29 is 23.9 Å². The normalized spacial score (nSPS) is 22.3. The number of carboxylic acid groups (broad SMARTS) is 1. The molecule has 0 spiro atoms. The lowest BCUT2D eigenvalue weighted by molar-refractivity contribution is 0.0771. The average Bonchev–Trinajstić information content (AvgIpc) is 3.11. The summed E-state index contributed by atoms with van der Waals surface area (Å²) < 4.78 is 12.9. The first-order valence-electron chi connectivity index (χ1n) is 8.88. The van der Waals surface area contributed by atoms with E-state index in [9.17, 15) is 18.8 Å². The molecule has 2 aromatic carbocycles. The maximum atomic E-state index is 12.9. The van der Waals surface area contributed by atoms with Crippen molar-refractivity contribution in [2.24, 2.45) is 11.8 Å². The highest BCUT2D eigenvalue weighted by Gasteiger charge is 2.57. The molecule has 2 aromatic rings. The van der Waals surface area contributed by atoms with E-state index in [4.69, 9.17) is 5.11 Å². The molecule has 2 fully saturated rings. The molecule has 1 aliphatic carbocycles. The van der Waals surface area contributed by atoms with Gasteiger partial charge in [-0.2, -0.15) is 0 Å². The number of nitrogens with one attached hydrogen (secondary N) is 2. The zero-order valence-electron chi connectivity index (χ0n) is 14.8. The Bertz CT molecular complexity index is 917. The minimum absolute atomic E-state index is 0.0504. The zero-order chi connectivity index (χ0) is 19.8. The van der Waals surface area contributed by atoms with Crippen LogP contribution >= 0.6 is 0 Å². The van der Waals surface area contributed by atoms with Gasteiger partial charge < -0.3 is 20.6 Å². The Hall–Kier alpha value is -3.42. The summed E-state index contributed by atoms with van der Waals surface area (Å²) >= 11 is 0. The van der Waals surface area contributed by atoms with E-state index in [0.717, 1.165) is 0 Å². The lowest BCUT2D eigenvalue weighted by Gasteiger charge is -2.20. The molecule has 0 aromatic heterocycles. The number of amides is 3. The highest BCUT2D eigenvalue weighted by atomic mass is 19.1. The Balaban J connectivity index is 1.34. The van der Waals surface area contributed by atoms with Gasteiger partial charge in [0.05, 0.1) is 0 Å². The van der Waals surface area contributed by atoms with Crippen molar-refractivity contribution in [2.75, 3.05) is 18.4 Å². The molecular weight excluding hydrogens is 365 g/mol. The van der Waals surface area contributed by atoms with Crippen LogP contribution in [0.25, 0.3) is 0 Å². The molecule has 4 rings (SSSR count). The molecule has 2 unspecified atom stereocenters. The van der Waals surface area contributed by atoms with E-state index in [0.29, 0.717) is 29.9 Å². The van der Waals surface area contributed by atoms with Gasteiger partial charge in [-0.3, -0.25) is 9.59 Å². The minimum Gasteiger partial charge on any atom is -0.465 e. The Morgan fingerprint density at radius 3 is 2.07 bits per heavy atom. The maximum absolute atomic E-state index is 12.9. The summed E-state index contributed by atoms with van der Waals surface area (Å²) in [6.45, 7) is 1.08. The van der Waals surface area contributed by atoms with Gasteiger partial charge in [-0.25, -0.2) is 9.18 Å². The first kappa shape index (κ1) is 18.0. The third-order valence-corrected chi connectivity index (χ3v) is 5.27. The average molecular weight is 383 g/mol. The van der Waals surface area contributed by atoms with E-state index in [1.54, 1.807) is 29.2 Å². The zero-order valence-corrected chi connectivity index (χ0v) is 14.8. The van der Waals surface area contributed by atoms with Gasteiger partial charge in [0.2, 0.25) is 0 Å². The second-order valence-corrected chi connectivity index (χ2v) is 7.05. The molecule has 7 nitrogen and oxygen atoms in total. The summed E-state index contributed by atoms with van der Waals surface area (Å²) in [7, 11) is 0. The first-order valence-corrected chi connectivity index (χ1v) is 8.88. The van der Waals surface area contributed by atoms with Crippen molar-refractivity contribution in [2.45, 2.75) is 6.04 Å². The number of benzene rings is 2. The van der Waals surface area contributed by atoms with Crippen molar-refractivity contribution in [1.29, 1.82) is 0 Å². The standard InChI is InChI=1S/C20H18FN3O4/c21-13-5-1-11(2-6-13)18(25)22-14-7-3-12(4-8-14)19(26)24-9-15-16(10-24)17(15)23-20(27)28/h1-8,15-17,23H,9-10H2,(H,22,25)(H,27,28). The number of hydrogen-bond donors (Lipinski definition) is 3. The number of carbonyl (C=O) groups is 3. The fourth-order valence-electron chi connectivity index (χ4n) is 3.73. The van der Waals surface area contributed by atoms with Gasteiger partial charge in [-0.15, -0.1) is 0 Å². The first-order chi connectivity index (χ1) is 13.4. The van der Waals surface area contributed by atoms with Crippen molar-refractivity contribution in [3.05, 3.63) is 65.5 Å². The van der Waals surface area contributed by atoms with E-state index >= 15 is 0 Å². The second kappa shape index (κ2) is 6.95. The van der Waals surface area contributed by atoms with Crippen LogP contribution in [-0.2, 0) is 0 Å². The van der Waals surface area contributed by atoms with E-state index < -0.39 is 11.9 Å². The van der Waals surface area contributed by atoms with Crippen LogP contribution in [0.4, 0.5) is 14.9 Å². The van der Waals surface area contributed by atoms with Crippen LogP contribution in [0.1, 0.15) is 20.7 Å². The molecule has 2 aliphatic rings. The SMILES string of the molecule is O=C(O)NC1C2CN(C(=O)c3ccc(NC(=O)c4ccc(F)cc4)cc3)CC21. The molecule has 2 atom stereocenters. The highest BCUT2D eigenvalue weighted by Crippen LogP contribution is 2.45. The lowest BCUT2D eigenvalue weighted by Crippen LogP contribution is -2.36. The van der Waals surface area contributed by atoms with Gasteiger partial charge in [0.15, 0.2) is 0 Å². The highest BCUT2D eigenvalue weighted by molar-refractivity contribution is 6.04. The quantitative estimate of drug-likeness (QED) is 0.755. The molecule has 1 saturated heterocycles. The van der Waals surface area contributed by atoms with Gasteiger partial charge in [0.1, 0.15) is 5.82 Å². The van der Waals surface area contributed by atoms with Gasteiger partial charge in [0.25, 0.3) is 11.8 Å². The number of carbonyl (C=O) groups excluding carboxylic acids is 2. The number of piperidine rings is 1. The molecular formula is C20H18FN3O4. The van der Waals surface area contributed by atoms with Crippen LogP contribution in [-0.4, -0.2) is 47.0 Å². The van der Waals surface area contributed by atoms with Crippen LogP contribution in [0.15, 0.2) is 48.5 Å². The fraction of sp³-hybridized carbons (Fsp3) is 0.250. The van der Waals surface area contributed by atoms with E-state index in [1.165, 1.54) is 24.3 Å². The number of fused-ring (bicyclic) bond motifs is 1. The molecule has 1 aliphatic heterocycles. The molecule has 3 amide bonds. The predicted octanol–water partition coefficient (Wildman–Crippen LogP) is 2.42. The number of halogens is 1. The monoisotopic (exact) mass is 383 g/mol. The summed E-state index contributed by atoms with van der Waals surface area (Å²) in [5.41, 5.74) is 1.37. The minimum atomic E-state index is -1.03. The van der Waals surface area contributed by atoms with Gasteiger partial charge in [-0.05, 0) is 48.5 Å². The molecule has 1 heterocycles. The smallest absolute Gasteiger partial charge is 0.404 e. The number of likely N-dealkylation sites (tertiary alicyclic amines) is 1. The molecule has 28 heavy (non-hydrogen) atoms. The van der Waals surface area contributed by atoms with Crippen molar-refractivity contribution in [3.63, 3.8) is 0 Å². The third-order valence-electron chi connectivity index (χ3n) is 5.27. The van der Waals surface area contributed by atoms with Crippen molar-refractivity contribution in [3.8, 4) is 0 Å². The second-order valence-electron chi connectivity index (χ2n) is 7.05. The predicted molar refractivity (Wildman–Crippen MR) is 98.6 cm³/mol. The van der Waals surface area contributed by atoms with Crippen LogP contribution < -0.4 is 10.6 Å². The topological polar surface area (TPSA) is 98.7 Å². The summed E-state index contributed by atoms with van der Waals surface area (Å²) in [6, 6.07) is 11.7. The van der Waals surface area contributed by atoms with Gasteiger partial charge in [-0.1, -0.05) is 0 Å². The number of nitrogens with zero attached hydrogens (tertiary/aromatic N) is 1. The number of rotatable bonds is 4. The summed E-state index contributed by atoms with van der Waals surface area (Å²) in [4.78, 5) is 37.2. The maximum Gasteiger partial charge on any atom is 0.404 e. The molecule has 144 valence electrons. The largest absolute Gasteiger partial charge is 0.465 e. The fourth-order valence-corrected chi connectivity index (χ4v) is 3.73. The Kier molecular flexibility index (Phi) is 4.46. The lowest BCUT2D eigenvalue weighted by atomic mass is 10.1. The van der Waals surface area contributed by atoms with Crippen LogP contribution in [0.5, 0.6) is 0 Å². The van der Waals surface area contributed by atoms with Gasteiger partial charge >= 0.3 is 6.09 Å². The Morgan fingerprint density at radius 1 is 0.929 bits per heavy atom. The van der Waals surface area contributed by atoms with Crippen LogP contribution in [0.3, 0.4) is 0 Å². The van der Waals surface area contributed by atoms with E-state index in [1.807, 2.05) is 0 Å². The summed E-state index contributed by atoms with van der Waals surface area (Å²) in [5.74, 6) is -0.513. The molecule has 0 radical (unpaired) electrons. The van der Waals surface area contributed by atoms with Gasteiger partial charge in [0, 0.05) is 47.8 Å². The molecule has 3 N–H and O–H groups in total. The van der Waals surface area contributed by atoms with Crippen molar-refractivity contribution in [1.82, 2.24) is 10.2 Å². The molecule has 1 saturated carbocycles. The number of hydrogen-bond acceptors (Lipinski definition) is 3. The van der Waals surface area contributed by atoms with Crippen LogP contribution in [0.2, 0.25) is 0 Å². The molecule has 8 heteroatoms. The molecule has 0 bridgehead atoms. The van der Waals surface area contributed by atoms with E-state index in [2.05, 4.69) is 10.6 Å². The Morgan fingerprint density at radius 2 is 1.50 bits per heavy atom. The number of anilines is 1. The summed E-state index contributed by atoms with van der Waals surface area (Å²) in [6.07, 6.45) is -1.03. The van der Waals surface area contributed by atoms with Crippen molar-refractivity contribution >= 4 is 23.6 Å². The Labute approximate surface area is 160 Å². The summed E-state index contributed by atoms with van der Waals surface area (Å²) in [5, 5.41) is 13.9. The van der Waals surface area contributed by atoms with E-state index in [-0.39, 0.29) is 29.7 Å².